The first-order valence-corrected chi connectivity index (χ1v) is 8.84. The Morgan fingerprint density at radius 2 is 1.85 bits per heavy atom. The van der Waals surface area contributed by atoms with Crippen molar-refractivity contribution in [2.24, 2.45) is 5.41 Å². The molecule has 0 radical (unpaired) electrons. The zero-order valence-corrected chi connectivity index (χ0v) is 15.0. The number of pyridine rings is 1. The van der Waals surface area contributed by atoms with Gasteiger partial charge in [-0.25, -0.2) is 0 Å². The Hall–Kier alpha value is -0.410. The van der Waals surface area contributed by atoms with Crippen LogP contribution in [0.1, 0.15) is 50.9 Å². The predicted octanol–water partition coefficient (Wildman–Crippen LogP) is 4.80. The Morgan fingerprint density at radius 3 is 2.35 bits per heavy atom. The van der Waals surface area contributed by atoms with Crippen LogP contribution in [0.15, 0.2) is 18.2 Å². The first-order valence-electron chi connectivity index (χ1n) is 7.72. The molecule has 3 heteroatoms. The second kappa shape index (κ2) is 8.78. The van der Waals surface area contributed by atoms with Crippen molar-refractivity contribution in [1.29, 1.82) is 0 Å². The highest BCUT2D eigenvalue weighted by molar-refractivity contribution is 9.09. The van der Waals surface area contributed by atoms with Crippen LogP contribution < -0.4 is 0 Å². The largest absolute Gasteiger partial charge is 0.300 e. The molecule has 0 aliphatic carbocycles. The van der Waals surface area contributed by atoms with Gasteiger partial charge in [0.05, 0.1) is 5.69 Å². The maximum Gasteiger partial charge on any atom is 0.0547 e. The highest BCUT2D eigenvalue weighted by Gasteiger charge is 2.28. The minimum Gasteiger partial charge on any atom is -0.300 e. The number of halogens is 1. The summed E-state index contributed by atoms with van der Waals surface area (Å²) in [6.07, 6.45) is 5.08. The molecule has 0 N–H and O–H groups in total. The molecule has 0 spiro atoms. The molecule has 1 aromatic rings. The van der Waals surface area contributed by atoms with Crippen LogP contribution in [0.4, 0.5) is 0 Å². The SMILES string of the molecule is CCCC(CBr)(CCC)CN(C)Cc1cccc(C)n1. The van der Waals surface area contributed by atoms with E-state index in [1.54, 1.807) is 0 Å². The van der Waals surface area contributed by atoms with Gasteiger partial charge in [0.25, 0.3) is 0 Å². The quantitative estimate of drug-likeness (QED) is 0.600. The fourth-order valence-electron chi connectivity index (χ4n) is 3.11. The molecule has 114 valence electrons. The van der Waals surface area contributed by atoms with Gasteiger partial charge in [0, 0.05) is 24.1 Å². The van der Waals surface area contributed by atoms with Crippen LogP contribution >= 0.6 is 15.9 Å². The summed E-state index contributed by atoms with van der Waals surface area (Å²) in [5, 5.41) is 1.09. The Bertz CT molecular complexity index is 386. The molecule has 0 saturated carbocycles. The number of nitrogens with zero attached hydrogens (tertiary/aromatic N) is 2. The molecule has 0 bridgehead atoms. The standard InChI is InChI=1S/C17H29BrN2/c1-5-10-17(13-18,11-6-2)14-20(4)12-16-9-7-8-15(3)19-16/h7-9H,5-6,10-14H2,1-4H3. The topological polar surface area (TPSA) is 16.1 Å². The summed E-state index contributed by atoms with van der Waals surface area (Å²) >= 11 is 3.76. The van der Waals surface area contributed by atoms with Crippen LogP contribution in [-0.4, -0.2) is 28.8 Å². The lowest BCUT2D eigenvalue weighted by molar-refractivity contribution is 0.165. The minimum absolute atomic E-state index is 0.405. The van der Waals surface area contributed by atoms with Gasteiger partial charge < -0.3 is 0 Å². The van der Waals surface area contributed by atoms with Crippen molar-refractivity contribution >= 4 is 15.9 Å². The van der Waals surface area contributed by atoms with Crippen molar-refractivity contribution in [3.05, 3.63) is 29.6 Å². The summed E-state index contributed by atoms with van der Waals surface area (Å²) in [5.74, 6) is 0. The van der Waals surface area contributed by atoms with E-state index < -0.39 is 0 Å². The zero-order chi connectivity index (χ0) is 15.0. The molecule has 0 aromatic carbocycles. The second-order valence-corrected chi connectivity index (χ2v) is 6.64. The van der Waals surface area contributed by atoms with Gasteiger partial charge in [-0.1, -0.05) is 48.7 Å². The van der Waals surface area contributed by atoms with Gasteiger partial charge in [0.2, 0.25) is 0 Å². The molecular formula is C17H29BrN2. The van der Waals surface area contributed by atoms with E-state index in [1.807, 2.05) is 0 Å². The summed E-state index contributed by atoms with van der Waals surface area (Å²) in [6, 6.07) is 6.28. The molecule has 0 atom stereocenters. The average molecular weight is 341 g/mol. The van der Waals surface area contributed by atoms with Crippen LogP contribution in [0.3, 0.4) is 0 Å². The van der Waals surface area contributed by atoms with E-state index in [2.05, 4.69) is 71.8 Å². The maximum absolute atomic E-state index is 4.61. The van der Waals surface area contributed by atoms with Gasteiger partial charge in [0.15, 0.2) is 0 Å². The summed E-state index contributed by atoms with van der Waals surface area (Å²) in [7, 11) is 2.22. The van der Waals surface area contributed by atoms with Crippen LogP contribution in [0.2, 0.25) is 0 Å². The Morgan fingerprint density at radius 1 is 1.20 bits per heavy atom. The van der Waals surface area contributed by atoms with Gasteiger partial charge in [-0.15, -0.1) is 0 Å². The average Bonchev–Trinajstić information content (AvgIpc) is 2.39. The molecule has 0 unspecified atom stereocenters. The Balaban J connectivity index is 2.67. The van der Waals surface area contributed by atoms with Crippen LogP contribution in [0, 0.1) is 12.3 Å². The number of rotatable bonds is 9. The van der Waals surface area contributed by atoms with Crippen molar-refractivity contribution in [2.45, 2.75) is 53.0 Å². The van der Waals surface area contributed by atoms with Crippen LogP contribution in [0.5, 0.6) is 0 Å². The van der Waals surface area contributed by atoms with E-state index in [4.69, 9.17) is 0 Å². The monoisotopic (exact) mass is 340 g/mol. The third kappa shape index (κ3) is 5.53. The minimum atomic E-state index is 0.405. The number of hydrogen-bond donors (Lipinski definition) is 0. The molecule has 0 amide bonds. The van der Waals surface area contributed by atoms with Crippen molar-refractivity contribution in [3.8, 4) is 0 Å². The maximum atomic E-state index is 4.61. The molecule has 0 aliphatic rings. The number of alkyl halides is 1. The molecule has 1 aromatic heterocycles. The number of hydrogen-bond acceptors (Lipinski definition) is 2. The smallest absolute Gasteiger partial charge is 0.0547 e. The molecule has 0 fully saturated rings. The van der Waals surface area contributed by atoms with E-state index in [0.717, 1.165) is 24.1 Å². The first kappa shape index (κ1) is 17.6. The van der Waals surface area contributed by atoms with Crippen molar-refractivity contribution in [2.75, 3.05) is 18.9 Å². The fraction of sp³-hybridized carbons (Fsp3) is 0.706. The first-order chi connectivity index (χ1) is 9.55. The predicted molar refractivity (Wildman–Crippen MR) is 91.4 cm³/mol. The van der Waals surface area contributed by atoms with Gasteiger partial charge in [-0.2, -0.15) is 0 Å². The third-order valence-electron chi connectivity index (χ3n) is 3.83. The van der Waals surface area contributed by atoms with E-state index in [9.17, 15) is 0 Å². The zero-order valence-electron chi connectivity index (χ0n) is 13.5. The van der Waals surface area contributed by atoms with Gasteiger partial charge in [-0.3, -0.25) is 9.88 Å². The Labute approximate surface area is 133 Å². The fourth-order valence-corrected chi connectivity index (χ4v) is 3.85. The summed E-state index contributed by atoms with van der Waals surface area (Å²) in [5.41, 5.74) is 2.68. The normalized spacial score (nSPS) is 12.1. The van der Waals surface area contributed by atoms with Gasteiger partial charge in [-0.05, 0) is 44.4 Å². The molecule has 20 heavy (non-hydrogen) atoms. The Kier molecular flexibility index (Phi) is 7.75. The lowest BCUT2D eigenvalue weighted by Gasteiger charge is -2.35. The summed E-state index contributed by atoms with van der Waals surface area (Å²) in [4.78, 5) is 7.03. The van der Waals surface area contributed by atoms with E-state index in [0.29, 0.717) is 5.41 Å². The van der Waals surface area contributed by atoms with Gasteiger partial charge >= 0.3 is 0 Å². The summed E-state index contributed by atoms with van der Waals surface area (Å²) in [6.45, 7) is 8.70. The van der Waals surface area contributed by atoms with E-state index >= 15 is 0 Å². The lowest BCUT2D eigenvalue weighted by atomic mass is 9.81. The van der Waals surface area contributed by atoms with Crippen molar-refractivity contribution in [3.63, 3.8) is 0 Å². The van der Waals surface area contributed by atoms with Crippen molar-refractivity contribution < 1.29 is 0 Å². The van der Waals surface area contributed by atoms with E-state index in [-0.39, 0.29) is 0 Å². The molecule has 0 saturated heterocycles. The number of aromatic nitrogens is 1. The molecular weight excluding hydrogens is 312 g/mol. The molecule has 1 rings (SSSR count). The van der Waals surface area contributed by atoms with Crippen LogP contribution in [0.25, 0.3) is 0 Å². The molecule has 0 aliphatic heterocycles. The molecule has 1 heterocycles. The van der Waals surface area contributed by atoms with Crippen molar-refractivity contribution in [1.82, 2.24) is 9.88 Å². The second-order valence-electron chi connectivity index (χ2n) is 6.08. The van der Waals surface area contributed by atoms with Crippen LogP contribution in [-0.2, 0) is 6.54 Å². The summed E-state index contributed by atoms with van der Waals surface area (Å²) < 4.78 is 0. The highest BCUT2D eigenvalue weighted by Crippen LogP contribution is 2.33. The number of aryl methyl sites for hydroxylation is 1. The highest BCUT2D eigenvalue weighted by atomic mass is 79.9. The van der Waals surface area contributed by atoms with Gasteiger partial charge in [0.1, 0.15) is 0 Å². The molecule has 2 nitrogen and oxygen atoms in total. The lowest BCUT2D eigenvalue weighted by Crippen LogP contribution is -2.37. The van der Waals surface area contributed by atoms with E-state index in [1.165, 1.54) is 31.4 Å². The third-order valence-corrected chi connectivity index (χ3v) is 5.02.